The number of hydrogen-bond donors (Lipinski definition) is 1. The van der Waals surface area contributed by atoms with Gasteiger partial charge in [0.1, 0.15) is 6.33 Å². The van der Waals surface area contributed by atoms with Crippen LogP contribution < -0.4 is 5.73 Å². The standard InChI is InChI=1S/C9H15N3/c1-7(2)3-4-9-8(10)5-11-6-12-9/h5-7H,3-4,10H2,1-2H3. The van der Waals surface area contributed by atoms with E-state index in [4.69, 9.17) is 5.73 Å². The summed E-state index contributed by atoms with van der Waals surface area (Å²) in [5.74, 6) is 0.694. The average molecular weight is 165 g/mol. The molecular formula is C9H15N3. The van der Waals surface area contributed by atoms with Gasteiger partial charge < -0.3 is 5.73 Å². The minimum absolute atomic E-state index is 0.694. The molecule has 0 atom stereocenters. The summed E-state index contributed by atoms with van der Waals surface area (Å²) in [6, 6.07) is 0. The molecule has 3 heteroatoms. The summed E-state index contributed by atoms with van der Waals surface area (Å²) in [6.07, 6.45) is 5.28. The maximum atomic E-state index is 5.68. The van der Waals surface area contributed by atoms with E-state index >= 15 is 0 Å². The number of nitrogens with zero attached hydrogens (tertiary/aromatic N) is 2. The van der Waals surface area contributed by atoms with Crippen molar-refractivity contribution >= 4 is 5.69 Å². The SMILES string of the molecule is CC(C)CCc1ncncc1N. The summed E-state index contributed by atoms with van der Waals surface area (Å²) in [5, 5.41) is 0. The Bertz CT molecular complexity index is 245. The lowest BCUT2D eigenvalue weighted by atomic mass is 10.1. The number of anilines is 1. The van der Waals surface area contributed by atoms with Gasteiger partial charge in [-0.25, -0.2) is 9.97 Å². The molecule has 1 rings (SSSR count). The second-order valence-corrected chi connectivity index (χ2v) is 3.36. The van der Waals surface area contributed by atoms with Gasteiger partial charge in [0.2, 0.25) is 0 Å². The zero-order valence-electron chi connectivity index (χ0n) is 7.62. The summed E-state index contributed by atoms with van der Waals surface area (Å²) in [6.45, 7) is 4.38. The van der Waals surface area contributed by atoms with Crippen LogP contribution in [0.5, 0.6) is 0 Å². The highest BCUT2D eigenvalue weighted by atomic mass is 14.9. The highest BCUT2D eigenvalue weighted by Crippen LogP contribution is 2.11. The van der Waals surface area contributed by atoms with Crippen molar-refractivity contribution < 1.29 is 0 Å². The van der Waals surface area contributed by atoms with Gasteiger partial charge in [-0.15, -0.1) is 0 Å². The predicted octanol–water partition coefficient (Wildman–Crippen LogP) is 1.65. The molecule has 0 aliphatic carbocycles. The summed E-state index contributed by atoms with van der Waals surface area (Å²) >= 11 is 0. The lowest BCUT2D eigenvalue weighted by molar-refractivity contribution is 0.581. The molecule has 0 radical (unpaired) electrons. The molecule has 0 bridgehead atoms. The molecule has 0 amide bonds. The van der Waals surface area contributed by atoms with Gasteiger partial charge in [-0.2, -0.15) is 0 Å². The number of aromatic nitrogens is 2. The van der Waals surface area contributed by atoms with Crippen molar-refractivity contribution in [3.63, 3.8) is 0 Å². The Labute approximate surface area is 73.0 Å². The smallest absolute Gasteiger partial charge is 0.115 e. The van der Waals surface area contributed by atoms with Crippen LogP contribution >= 0.6 is 0 Å². The quantitative estimate of drug-likeness (QED) is 0.740. The Hall–Kier alpha value is -1.12. The van der Waals surface area contributed by atoms with Crippen molar-refractivity contribution in [3.05, 3.63) is 18.2 Å². The van der Waals surface area contributed by atoms with E-state index in [1.165, 1.54) is 0 Å². The Morgan fingerprint density at radius 2 is 2.25 bits per heavy atom. The highest BCUT2D eigenvalue weighted by Gasteiger charge is 2.01. The summed E-state index contributed by atoms with van der Waals surface area (Å²) < 4.78 is 0. The van der Waals surface area contributed by atoms with E-state index < -0.39 is 0 Å². The molecular weight excluding hydrogens is 150 g/mol. The largest absolute Gasteiger partial charge is 0.396 e. The van der Waals surface area contributed by atoms with E-state index in [0.29, 0.717) is 11.6 Å². The molecule has 0 saturated heterocycles. The molecule has 1 aromatic rings. The monoisotopic (exact) mass is 165 g/mol. The van der Waals surface area contributed by atoms with Crippen molar-refractivity contribution in [3.8, 4) is 0 Å². The number of hydrogen-bond acceptors (Lipinski definition) is 3. The summed E-state index contributed by atoms with van der Waals surface area (Å²) in [4.78, 5) is 7.95. The molecule has 3 nitrogen and oxygen atoms in total. The van der Waals surface area contributed by atoms with Crippen molar-refractivity contribution in [2.45, 2.75) is 26.7 Å². The first-order valence-electron chi connectivity index (χ1n) is 4.24. The molecule has 0 fully saturated rings. The van der Waals surface area contributed by atoms with Crippen molar-refractivity contribution in [2.75, 3.05) is 5.73 Å². The van der Waals surface area contributed by atoms with Crippen LogP contribution in [0.2, 0.25) is 0 Å². The van der Waals surface area contributed by atoms with E-state index in [1.54, 1.807) is 12.5 Å². The van der Waals surface area contributed by atoms with E-state index in [1.807, 2.05) is 0 Å². The average Bonchev–Trinajstić information content (AvgIpc) is 2.03. The van der Waals surface area contributed by atoms with Gasteiger partial charge in [-0.1, -0.05) is 13.8 Å². The van der Waals surface area contributed by atoms with Crippen LogP contribution in [-0.4, -0.2) is 9.97 Å². The van der Waals surface area contributed by atoms with Crippen LogP contribution in [0.25, 0.3) is 0 Å². The molecule has 1 heterocycles. The third-order valence-corrected chi connectivity index (χ3v) is 1.79. The summed E-state index contributed by atoms with van der Waals surface area (Å²) in [5.41, 5.74) is 7.36. The van der Waals surface area contributed by atoms with E-state index in [2.05, 4.69) is 23.8 Å². The first-order chi connectivity index (χ1) is 5.70. The topological polar surface area (TPSA) is 51.8 Å². The van der Waals surface area contributed by atoms with Gasteiger partial charge in [0, 0.05) is 0 Å². The molecule has 0 aliphatic rings. The van der Waals surface area contributed by atoms with Crippen LogP contribution in [0.15, 0.2) is 12.5 Å². The van der Waals surface area contributed by atoms with Gasteiger partial charge in [-0.3, -0.25) is 0 Å². The van der Waals surface area contributed by atoms with Gasteiger partial charge >= 0.3 is 0 Å². The molecule has 0 saturated carbocycles. The number of nitrogen functional groups attached to an aromatic ring is 1. The molecule has 12 heavy (non-hydrogen) atoms. The minimum atomic E-state index is 0.694. The fourth-order valence-electron chi connectivity index (χ4n) is 1.000. The first kappa shape index (κ1) is 8.97. The Morgan fingerprint density at radius 1 is 1.50 bits per heavy atom. The van der Waals surface area contributed by atoms with Crippen LogP contribution in [0.1, 0.15) is 26.0 Å². The Morgan fingerprint density at radius 3 is 2.83 bits per heavy atom. The minimum Gasteiger partial charge on any atom is -0.396 e. The fraction of sp³-hybridized carbons (Fsp3) is 0.556. The molecule has 1 aromatic heterocycles. The molecule has 0 unspecified atom stereocenters. The third-order valence-electron chi connectivity index (χ3n) is 1.79. The Kier molecular flexibility index (Phi) is 3.02. The Balaban J connectivity index is 2.57. The zero-order valence-corrected chi connectivity index (χ0v) is 7.62. The number of nitrogens with two attached hydrogens (primary N) is 1. The van der Waals surface area contributed by atoms with Crippen LogP contribution in [0, 0.1) is 5.92 Å². The first-order valence-corrected chi connectivity index (χ1v) is 4.24. The normalized spacial score (nSPS) is 10.6. The lowest BCUT2D eigenvalue weighted by Crippen LogP contribution is -2.00. The highest BCUT2D eigenvalue weighted by molar-refractivity contribution is 5.39. The predicted molar refractivity (Wildman–Crippen MR) is 49.6 cm³/mol. The van der Waals surface area contributed by atoms with E-state index in [-0.39, 0.29) is 0 Å². The number of rotatable bonds is 3. The van der Waals surface area contributed by atoms with Crippen molar-refractivity contribution in [1.29, 1.82) is 0 Å². The van der Waals surface area contributed by atoms with E-state index in [0.717, 1.165) is 18.5 Å². The van der Waals surface area contributed by atoms with Gasteiger partial charge in [0.05, 0.1) is 17.6 Å². The lowest BCUT2D eigenvalue weighted by Gasteiger charge is -2.05. The van der Waals surface area contributed by atoms with E-state index in [9.17, 15) is 0 Å². The molecule has 0 spiro atoms. The second kappa shape index (κ2) is 4.04. The maximum absolute atomic E-state index is 5.68. The van der Waals surface area contributed by atoms with Crippen molar-refractivity contribution in [1.82, 2.24) is 9.97 Å². The summed E-state index contributed by atoms with van der Waals surface area (Å²) in [7, 11) is 0. The molecule has 0 aliphatic heterocycles. The third kappa shape index (κ3) is 2.49. The van der Waals surface area contributed by atoms with Crippen LogP contribution in [0.3, 0.4) is 0 Å². The van der Waals surface area contributed by atoms with Gasteiger partial charge in [-0.05, 0) is 18.8 Å². The fourth-order valence-corrected chi connectivity index (χ4v) is 1.000. The maximum Gasteiger partial charge on any atom is 0.115 e. The molecule has 0 aromatic carbocycles. The molecule has 2 N–H and O–H groups in total. The number of aryl methyl sites for hydroxylation is 1. The van der Waals surface area contributed by atoms with Gasteiger partial charge in [0.15, 0.2) is 0 Å². The van der Waals surface area contributed by atoms with Crippen molar-refractivity contribution in [2.24, 2.45) is 5.92 Å². The molecule has 66 valence electrons. The van der Waals surface area contributed by atoms with Crippen LogP contribution in [0.4, 0.5) is 5.69 Å². The van der Waals surface area contributed by atoms with Crippen LogP contribution in [-0.2, 0) is 6.42 Å². The van der Waals surface area contributed by atoms with Gasteiger partial charge in [0.25, 0.3) is 0 Å². The second-order valence-electron chi connectivity index (χ2n) is 3.36. The zero-order chi connectivity index (χ0) is 8.97.